The molecule has 1 amide bonds. The summed E-state index contributed by atoms with van der Waals surface area (Å²) in [6, 6.07) is 9.93. The topological polar surface area (TPSA) is 86.9 Å². The van der Waals surface area contributed by atoms with E-state index in [1.807, 2.05) is 25.2 Å². The zero-order chi connectivity index (χ0) is 23.4. The third kappa shape index (κ3) is 5.19. The number of primary amides is 1. The summed E-state index contributed by atoms with van der Waals surface area (Å²) >= 11 is 1.60. The van der Waals surface area contributed by atoms with E-state index in [9.17, 15) is 4.79 Å². The van der Waals surface area contributed by atoms with E-state index in [-0.39, 0.29) is 0 Å². The molecule has 1 fully saturated rings. The Morgan fingerprint density at radius 3 is 2.73 bits per heavy atom. The van der Waals surface area contributed by atoms with Gasteiger partial charge in [0.15, 0.2) is 0 Å². The van der Waals surface area contributed by atoms with Gasteiger partial charge in [-0.25, -0.2) is 4.98 Å². The van der Waals surface area contributed by atoms with Gasteiger partial charge in [0.05, 0.1) is 18.4 Å². The first-order chi connectivity index (χ1) is 16.0. The number of benzene rings is 2. The maximum atomic E-state index is 12.3. The molecule has 0 unspecified atom stereocenters. The van der Waals surface area contributed by atoms with Crippen LogP contribution in [0.25, 0.3) is 20.8 Å². The molecule has 0 atom stereocenters. The maximum absolute atomic E-state index is 12.3. The van der Waals surface area contributed by atoms with Crippen LogP contribution in [0.15, 0.2) is 30.3 Å². The number of thiazole rings is 1. The molecule has 2 heterocycles. The first-order valence-electron chi connectivity index (χ1n) is 11.2. The van der Waals surface area contributed by atoms with Crippen molar-refractivity contribution < 1.29 is 19.0 Å². The molecule has 0 aliphatic carbocycles. The predicted octanol–water partition coefficient (Wildman–Crippen LogP) is 4.04. The van der Waals surface area contributed by atoms with E-state index in [1.54, 1.807) is 31.6 Å². The van der Waals surface area contributed by atoms with Crippen molar-refractivity contribution in [2.24, 2.45) is 5.73 Å². The van der Waals surface area contributed by atoms with Gasteiger partial charge in [-0.05, 0) is 55.1 Å². The van der Waals surface area contributed by atoms with Gasteiger partial charge in [-0.1, -0.05) is 12.1 Å². The number of hydrogen-bond donors (Lipinski definition) is 1. The molecule has 0 bridgehead atoms. The van der Waals surface area contributed by atoms with Crippen LogP contribution in [0.5, 0.6) is 5.75 Å². The predicted molar refractivity (Wildman–Crippen MR) is 131 cm³/mol. The van der Waals surface area contributed by atoms with Gasteiger partial charge < -0.3 is 19.9 Å². The summed E-state index contributed by atoms with van der Waals surface area (Å²) in [5.41, 5.74) is 10.2. The molecule has 2 N–H and O–H groups in total. The summed E-state index contributed by atoms with van der Waals surface area (Å²) in [4.78, 5) is 19.4. The quantitative estimate of drug-likeness (QED) is 0.509. The molecule has 0 saturated carbocycles. The smallest absolute Gasteiger partial charge is 0.249 e. The van der Waals surface area contributed by atoms with Crippen LogP contribution in [-0.2, 0) is 16.0 Å². The highest BCUT2D eigenvalue weighted by Crippen LogP contribution is 2.42. The number of ether oxygens (including phenoxy) is 3. The zero-order valence-corrected chi connectivity index (χ0v) is 20.2. The molecule has 0 radical (unpaired) electrons. The van der Waals surface area contributed by atoms with Gasteiger partial charge in [0.1, 0.15) is 16.3 Å². The molecule has 8 heteroatoms. The monoisotopic (exact) mass is 469 g/mol. The molecule has 7 nitrogen and oxygen atoms in total. The van der Waals surface area contributed by atoms with Gasteiger partial charge in [-0.3, -0.25) is 9.69 Å². The standard InChI is InChI=1S/C25H31N3O4S/c1-28(10-13-30-2)15-16-4-5-19(24(26)29)20(14-16)25-27-22-21(31-3)7-6-18(23(22)33-25)17-8-11-32-12-9-17/h4-7,14,17H,8-13,15H2,1-3H3,(H2,26,29). The Morgan fingerprint density at radius 1 is 1.24 bits per heavy atom. The fraction of sp³-hybridized carbons (Fsp3) is 0.440. The lowest BCUT2D eigenvalue weighted by molar-refractivity contribution is 0.0856. The summed E-state index contributed by atoms with van der Waals surface area (Å²) in [5.74, 6) is 0.705. The Kier molecular flexibility index (Phi) is 7.60. The van der Waals surface area contributed by atoms with Crippen LogP contribution in [0.1, 0.15) is 40.2 Å². The molecule has 4 rings (SSSR count). The van der Waals surface area contributed by atoms with E-state index in [4.69, 9.17) is 24.9 Å². The second-order valence-corrected chi connectivity index (χ2v) is 9.41. The lowest BCUT2D eigenvalue weighted by Gasteiger charge is -2.23. The summed E-state index contributed by atoms with van der Waals surface area (Å²) in [5, 5.41) is 0.776. The van der Waals surface area contributed by atoms with Crippen molar-refractivity contribution in [1.29, 1.82) is 0 Å². The van der Waals surface area contributed by atoms with E-state index in [0.717, 1.165) is 71.2 Å². The lowest BCUT2D eigenvalue weighted by atomic mass is 9.91. The number of aromatic nitrogens is 1. The number of nitrogens with zero attached hydrogens (tertiary/aromatic N) is 2. The minimum Gasteiger partial charge on any atom is -0.494 e. The van der Waals surface area contributed by atoms with Gasteiger partial charge in [0.25, 0.3) is 0 Å². The first-order valence-corrected chi connectivity index (χ1v) is 12.0. The van der Waals surface area contributed by atoms with Gasteiger partial charge in [-0.15, -0.1) is 11.3 Å². The van der Waals surface area contributed by atoms with Crippen LogP contribution in [-0.4, -0.2) is 63.4 Å². The third-order valence-corrected chi connectivity index (χ3v) is 7.27. The van der Waals surface area contributed by atoms with E-state index in [1.165, 1.54) is 5.56 Å². The van der Waals surface area contributed by atoms with Gasteiger partial charge in [-0.2, -0.15) is 0 Å². The molecule has 0 spiro atoms. The Labute approximate surface area is 198 Å². The average molecular weight is 470 g/mol. The van der Waals surface area contributed by atoms with Crippen LogP contribution in [0.2, 0.25) is 0 Å². The number of rotatable bonds is 9. The number of likely N-dealkylation sites (N-methyl/N-ethyl adjacent to an activating group) is 1. The fourth-order valence-electron chi connectivity index (χ4n) is 4.33. The summed E-state index contributed by atoms with van der Waals surface area (Å²) < 4.78 is 17.5. The number of carbonyl (C=O) groups is 1. The SMILES string of the molecule is COCCN(C)Cc1ccc(C(N)=O)c(-c2nc3c(OC)ccc(C4CCOCC4)c3s2)c1. The van der Waals surface area contributed by atoms with Crippen molar-refractivity contribution in [3.63, 3.8) is 0 Å². The van der Waals surface area contributed by atoms with Crippen LogP contribution in [0.4, 0.5) is 0 Å². The highest BCUT2D eigenvalue weighted by atomic mass is 32.1. The number of amides is 1. The van der Waals surface area contributed by atoms with Crippen LogP contribution in [0.3, 0.4) is 0 Å². The zero-order valence-electron chi connectivity index (χ0n) is 19.4. The van der Waals surface area contributed by atoms with E-state index < -0.39 is 5.91 Å². The van der Waals surface area contributed by atoms with Crippen molar-refractivity contribution in [2.45, 2.75) is 25.3 Å². The molecule has 1 aromatic heterocycles. The van der Waals surface area contributed by atoms with E-state index in [2.05, 4.69) is 11.0 Å². The van der Waals surface area contributed by atoms with Crippen LogP contribution in [0, 0.1) is 0 Å². The first kappa shape index (κ1) is 23.6. The van der Waals surface area contributed by atoms with Crippen molar-refractivity contribution in [3.05, 3.63) is 47.0 Å². The fourth-order valence-corrected chi connectivity index (χ4v) is 5.54. The minimum atomic E-state index is -0.458. The number of hydrogen-bond acceptors (Lipinski definition) is 7. The highest BCUT2D eigenvalue weighted by Gasteiger charge is 2.23. The minimum absolute atomic E-state index is 0.428. The van der Waals surface area contributed by atoms with Crippen molar-refractivity contribution in [3.8, 4) is 16.3 Å². The van der Waals surface area contributed by atoms with Crippen LogP contribution >= 0.6 is 11.3 Å². The van der Waals surface area contributed by atoms with Gasteiger partial charge in [0, 0.05) is 44.5 Å². The van der Waals surface area contributed by atoms with Gasteiger partial charge >= 0.3 is 0 Å². The van der Waals surface area contributed by atoms with E-state index >= 15 is 0 Å². The van der Waals surface area contributed by atoms with E-state index in [0.29, 0.717) is 18.1 Å². The second kappa shape index (κ2) is 10.6. The number of methoxy groups -OCH3 is 2. The Hall–Kier alpha value is -2.52. The molecule has 3 aromatic rings. The lowest BCUT2D eigenvalue weighted by Crippen LogP contribution is -2.22. The molecular formula is C25H31N3O4S. The maximum Gasteiger partial charge on any atom is 0.249 e. The van der Waals surface area contributed by atoms with Crippen molar-refractivity contribution >= 4 is 27.5 Å². The summed E-state index contributed by atoms with van der Waals surface area (Å²) in [6.45, 7) is 3.76. The Balaban J connectivity index is 1.78. The molecule has 33 heavy (non-hydrogen) atoms. The second-order valence-electron chi connectivity index (χ2n) is 8.42. The average Bonchev–Trinajstić information content (AvgIpc) is 3.28. The molecule has 1 aliphatic rings. The normalized spacial score (nSPS) is 14.8. The van der Waals surface area contributed by atoms with Crippen molar-refractivity contribution in [1.82, 2.24) is 9.88 Å². The molecule has 1 saturated heterocycles. The molecule has 1 aliphatic heterocycles. The largest absolute Gasteiger partial charge is 0.494 e. The van der Waals surface area contributed by atoms with Crippen LogP contribution < -0.4 is 10.5 Å². The molecular weight excluding hydrogens is 438 g/mol. The summed E-state index contributed by atoms with van der Waals surface area (Å²) in [7, 11) is 5.40. The number of carbonyl (C=O) groups excluding carboxylic acids is 1. The number of nitrogens with two attached hydrogens (primary N) is 1. The molecule has 2 aromatic carbocycles. The molecule has 176 valence electrons. The Bertz CT molecular complexity index is 1120. The third-order valence-electron chi connectivity index (χ3n) is 6.13. The highest BCUT2D eigenvalue weighted by molar-refractivity contribution is 7.22. The summed E-state index contributed by atoms with van der Waals surface area (Å²) in [6.07, 6.45) is 1.98. The Morgan fingerprint density at radius 2 is 2.03 bits per heavy atom. The number of fused-ring (bicyclic) bond motifs is 1. The van der Waals surface area contributed by atoms with Crippen molar-refractivity contribution in [2.75, 3.05) is 47.6 Å². The van der Waals surface area contributed by atoms with Gasteiger partial charge in [0.2, 0.25) is 5.91 Å².